The van der Waals surface area contributed by atoms with Crippen LogP contribution < -0.4 is 11.1 Å². The van der Waals surface area contributed by atoms with E-state index in [4.69, 9.17) is 5.73 Å². The van der Waals surface area contributed by atoms with Crippen LogP contribution in [-0.4, -0.2) is 25.2 Å². The van der Waals surface area contributed by atoms with Gasteiger partial charge >= 0.3 is 6.09 Å². The van der Waals surface area contributed by atoms with Crippen LogP contribution in [0.3, 0.4) is 0 Å². The molecule has 0 saturated heterocycles. The van der Waals surface area contributed by atoms with Crippen LogP contribution in [0.15, 0.2) is 0 Å². The normalized spacial score (nSPS) is 43.6. The van der Waals surface area contributed by atoms with E-state index in [0.29, 0.717) is 23.3 Å². The summed E-state index contributed by atoms with van der Waals surface area (Å²) in [6, 6.07) is 0. The zero-order valence-electron chi connectivity index (χ0n) is 13.0. The SMILES string of the molecule is CC12CC3CC(C)(C1)CC(C(=O)NCCOC(N)=O)(C3)C2. The molecule has 4 rings (SSSR count). The fourth-order valence-electron chi connectivity index (χ4n) is 6.20. The quantitative estimate of drug-likeness (QED) is 0.780. The molecule has 4 bridgehead atoms. The van der Waals surface area contributed by atoms with E-state index in [1.54, 1.807) is 0 Å². The summed E-state index contributed by atoms with van der Waals surface area (Å²) in [7, 11) is 0. The summed E-state index contributed by atoms with van der Waals surface area (Å²) in [6.45, 7) is 5.21. The van der Waals surface area contributed by atoms with Crippen LogP contribution in [-0.2, 0) is 9.53 Å². The molecule has 0 radical (unpaired) electrons. The lowest BCUT2D eigenvalue weighted by Crippen LogP contribution is -2.60. The Hall–Kier alpha value is -1.26. The van der Waals surface area contributed by atoms with E-state index >= 15 is 0 Å². The fourth-order valence-corrected chi connectivity index (χ4v) is 6.20. The molecule has 5 nitrogen and oxygen atoms in total. The highest BCUT2D eigenvalue weighted by atomic mass is 16.5. The van der Waals surface area contributed by atoms with E-state index in [-0.39, 0.29) is 17.9 Å². The van der Waals surface area contributed by atoms with Crippen molar-refractivity contribution in [3.63, 3.8) is 0 Å². The highest BCUT2D eigenvalue weighted by molar-refractivity contribution is 5.83. The molecule has 5 heteroatoms. The third-order valence-corrected chi connectivity index (χ3v) is 5.74. The highest BCUT2D eigenvalue weighted by Gasteiger charge is 2.62. The molecule has 0 heterocycles. The van der Waals surface area contributed by atoms with Gasteiger partial charge in [0.15, 0.2) is 0 Å². The molecule has 0 aliphatic heterocycles. The topological polar surface area (TPSA) is 81.4 Å². The molecule has 21 heavy (non-hydrogen) atoms. The van der Waals surface area contributed by atoms with Crippen LogP contribution >= 0.6 is 0 Å². The zero-order valence-corrected chi connectivity index (χ0v) is 13.0. The smallest absolute Gasteiger partial charge is 0.404 e. The molecule has 4 aliphatic carbocycles. The number of ether oxygens (including phenoxy) is 1. The average molecular weight is 294 g/mol. The maximum atomic E-state index is 12.7. The first-order valence-corrected chi connectivity index (χ1v) is 7.95. The number of primary amides is 1. The van der Waals surface area contributed by atoms with Gasteiger partial charge in [0.1, 0.15) is 6.61 Å². The van der Waals surface area contributed by atoms with E-state index in [2.05, 4.69) is 23.9 Å². The molecular formula is C16H26N2O3. The van der Waals surface area contributed by atoms with E-state index in [1.165, 1.54) is 19.3 Å². The standard InChI is InChI=1S/C16H26N2O3/c1-14-5-11-6-15(2,8-14)10-16(7-11,9-14)12(19)18-3-4-21-13(17)20/h11H,3-10H2,1-2H3,(H2,17,20)(H,18,19). The fraction of sp³-hybridized carbons (Fsp3) is 0.875. The van der Waals surface area contributed by atoms with Gasteiger partial charge in [-0.15, -0.1) is 0 Å². The Labute approximate surface area is 126 Å². The maximum Gasteiger partial charge on any atom is 0.404 e. The Morgan fingerprint density at radius 1 is 1.14 bits per heavy atom. The summed E-state index contributed by atoms with van der Waals surface area (Å²) >= 11 is 0. The van der Waals surface area contributed by atoms with Gasteiger partial charge in [-0.05, 0) is 55.3 Å². The van der Waals surface area contributed by atoms with Crippen LogP contribution in [0.5, 0.6) is 0 Å². The van der Waals surface area contributed by atoms with Gasteiger partial charge in [-0.3, -0.25) is 4.79 Å². The summed E-state index contributed by atoms with van der Waals surface area (Å²) in [5, 5.41) is 2.96. The van der Waals surface area contributed by atoms with Gasteiger partial charge in [-0.2, -0.15) is 0 Å². The molecular weight excluding hydrogens is 268 g/mol. The number of rotatable bonds is 4. The lowest BCUT2D eigenvalue weighted by atomic mass is 9.40. The van der Waals surface area contributed by atoms with Gasteiger partial charge in [-0.25, -0.2) is 4.79 Å². The summed E-state index contributed by atoms with van der Waals surface area (Å²) in [6.07, 6.45) is 6.07. The van der Waals surface area contributed by atoms with E-state index in [9.17, 15) is 9.59 Å². The van der Waals surface area contributed by atoms with Gasteiger partial charge < -0.3 is 15.8 Å². The highest BCUT2D eigenvalue weighted by Crippen LogP contribution is 2.69. The minimum atomic E-state index is -0.793. The van der Waals surface area contributed by atoms with Crippen molar-refractivity contribution in [2.45, 2.75) is 52.4 Å². The summed E-state index contributed by atoms with van der Waals surface area (Å²) in [5.41, 5.74) is 5.37. The number of nitrogens with two attached hydrogens (primary N) is 1. The zero-order chi connectivity index (χ0) is 15.3. The molecule has 4 saturated carbocycles. The first-order chi connectivity index (χ1) is 9.74. The third kappa shape index (κ3) is 2.62. The van der Waals surface area contributed by atoms with Crippen LogP contribution in [0.25, 0.3) is 0 Å². The van der Waals surface area contributed by atoms with Crippen LogP contribution in [0.2, 0.25) is 0 Å². The second-order valence-electron chi connectivity index (χ2n) is 8.33. The van der Waals surface area contributed by atoms with E-state index < -0.39 is 6.09 Å². The largest absolute Gasteiger partial charge is 0.448 e. The monoisotopic (exact) mass is 294 g/mol. The predicted octanol–water partition coefficient (Wildman–Crippen LogP) is 2.19. The molecule has 4 aliphatic rings. The van der Waals surface area contributed by atoms with Gasteiger partial charge in [0.25, 0.3) is 0 Å². The Balaban J connectivity index is 1.67. The number of amides is 2. The number of hydrogen-bond acceptors (Lipinski definition) is 3. The Morgan fingerprint density at radius 3 is 2.29 bits per heavy atom. The molecule has 3 N–H and O–H groups in total. The molecule has 0 spiro atoms. The van der Waals surface area contributed by atoms with Crippen molar-refractivity contribution in [3.8, 4) is 0 Å². The molecule has 2 unspecified atom stereocenters. The van der Waals surface area contributed by atoms with Gasteiger partial charge in [-0.1, -0.05) is 13.8 Å². The predicted molar refractivity (Wildman–Crippen MR) is 78.4 cm³/mol. The molecule has 0 aromatic heterocycles. The molecule has 0 aromatic rings. The third-order valence-electron chi connectivity index (χ3n) is 5.74. The molecule has 0 aromatic carbocycles. The number of carbonyl (C=O) groups excluding carboxylic acids is 2. The van der Waals surface area contributed by atoms with Gasteiger partial charge in [0.2, 0.25) is 5.91 Å². The van der Waals surface area contributed by atoms with Crippen molar-refractivity contribution in [2.75, 3.05) is 13.2 Å². The van der Waals surface area contributed by atoms with Crippen LogP contribution in [0.1, 0.15) is 52.4 Å². The van der Waals surface area contributed by atoms with Crippen molar-refractivity contribution in [3.05, 3.63) is 0 Å². The second-order valence-corrected chi connectivity index (χ2v) is 8.33. The molecule has 4 fully saturated rings. The van der Waals surface area contributed by atoms with E-state index in [0.717, 1.165) is 19.3 Å². The minimum absolute atomic E-state index is 0.148. The van der Waals surface area contributed by atoms with Gasteiger partial charge in [0, 0.05) is 0 Å². The van der Waals surface area contributed by atoms with Gasteiger partial charge in [0.05, 0.1) is 12.0 Å². The Morgan fingerprint density at radius 2 is 1.76 bits per heavy atom. The molecule has 2 amide bonds. The second kappa shape index (κ2) is 4.62. The lowest BCUT2D eigenvalue weighted by molar-refractivity contribution is -0.170. The Kier molecular flexibility index (Phi) is 3.22. The number of carbonyl (C=O) groups is 2. The summed E-state index contributed by atoms with van der Waals surface area (Å²) in [4.78, 5) is 23.3. The maximum absolute atomic E-state index is 12.7. The first kappa shape index (κ1) is 14.7. The van der Waals surface area contributed by atoms with Crippen LogP contribution in [0, 0.1) is 22.2 Å². The van der Waals surface area contributed by atoms with Crippen molar-refractivity contribution >= 4 is 12.0 Å². The lowest BCUT2D eigenvalue weighted by Gasteiger charge is -2.64. The number of hydrogen-bond donors (Lipinski definition) is 2. The summed E-state index contributed by atoms with van der Waals surface area (Å²) in [5.74, 6) is 0.848. The van der Waals surface area contributed by atoms with E-state index in [1.807, 2.05) is 0 Å². The van der Waals surface area contributed by atoms with Crippen molar-refractivity contribution in [1.29, 1.82) is 0 Å². The minimum Gasteiger partial charge on any atom is -0.448 e. The first-order valence-electron chi connectivity index (χ1n) is 7.95. The Bertz CT molecular complexity index is 458. The molecule has 118 valence electrons. The van der Waals surface area contributed by atoms with Crippen molar-refractivity contribution < 1.29 is 14.3 Å². The summed E-state index contributed by atoms with van der Waals surface area (Å²) < 4.78 is 4.67. The van der Waals surface area contributed by atoms with Crippen LogP contribution in [0.4, 0.5) is 4.79 Å². The van der Waals surface area contributed by atoms with Crippen molar-refractivity contribution in [1.82, 2.24) is 5.32 Å². The average Bonchev–Trinajstić information content (AvgIpc) is 2.29. The number of nitrogens with one attached hydrogen (secondary N) is 1. The van der Waals surface area contributed by atoms with Crippen molar-refractivity contribution in [2.24, 2.45) is 27.9 Å². The molecule has 2 atom stereocenters.